The molecule has 1 heterocycles. The minimum absolute atomic E-state index is 0.120. The Morgan fingerprint density at radius 1 is 1.37 bits per heavy atom. The van der Waals surface area contributed by atoms with Crippen LogP contribution in [-0.2, 0) is 18.4 Å². The van der Waals surface area contributed by atoms with Gasteiger partial charge in [0.15, 0.2) is 0 Å². The van der Waals surface area contributed by atoms with Gasteiger partial charge in [-0.3, -0.25) is 4.79 Å². The van der Waals surface area contributed by atoms with Gasteiger partial charge in [-0.15, -0.1) is 0 Å². The Morgan fingerprint density at radius 2 is 2.16 bits per heavy atom. The number of aryl methyl sites for hydroxylation is 1. The van der Waals surface area contributed by atoms with Gasteiger partial charge in [0.2, 0.25) is 5.91 Å². The van der Waals surface area contributed by atoms with Crippen molar-refractivity contribution in [3.8, 4) is 0 Å². The van der Waals surface area contributed by atoms with E-state index in [9.17, 15) is 4.79 Å². The second-order valence-electron chi connectivity index (χ2n) is 4.18. The van der Waals surface area contributed by atoms with Crippen LogP contribution in [0, 0.1) is 0 Å². The standard InChI is InChI=1S/C15H17N3O/c1-3-4-5-10-15(19)16-11-14-17-12-8-6-7-9-13(12)18(14)2/h3-10H,11H2,1-2H3,(H,16,19)/b4-3+,10-5+. The zero-order valence-corrected chi connectivity index (χ0v) is 11.1. The average molecular weight is 255 g/mol. The number of imidazole rings is 1. The molecule has 1 amide bonds. The van der Waals surface area contributed by atoms with E-state index in [0.717, 1.165) is 16.9 Å². The van der Waals surface area contributed by atoms with Crippen LogP contribution in [0.2, 0.25) is 0 Å². The molecule has 0 saturated carbocycles. The van der Waals surface area contributed by atoms with Crippen LogP contribution in [0.3, 0.4) is 0 Å². The van der Waals surface area contributed by atoms with Crippen molar-refractivity contribution in [2.24, 2.45) is 7.05 Å². The van der Waals surface area contributed by atoms with Gasteiger partial charge >= 0.3 is 0 Å². The van der Waals surface area contributed by atoms with Gasteiger partial charge in [-0.1, -0.05) is 30.4 Å². The molecule has 0 atom stereocenters. The van der Waals surface area contributed by atoms with Crippen LogP contribution in [0.1, 0.15) is 12.7 Å². The summed E-state index contributed by atoms with van der Waals surface area (Å²) < 4.78 is 1.99. The Morgan fingerprint density at radius 3 is 2.89 bits per heavy atom. The predicted octanol–water partition coefficient (Wildman–Crippen LogP) is 2.32. The van der Waals surface area contributed by atoms with Crippen molar-refractivity contribution >= 4 is 16.9 Å². The van der Waals surface area contributed by atoms with E-state index in [1.807, 2.05) is 55.0 Å². The summed E-state index contributed by atoms with van der Waals surface area (Å²) in [7, 11) is 1.95. The predicted molar refractivity (Wildman–Crippen MR) is 76.5 cm³/mol. The zero-order chi connectivity index (χ0) is 13.7. The van der Waals surface area contributed by atoms with Gasteiger partial charge in [0, 0.05) is 13.1 Å². The number of amides is 1. The van der Waals surface area contributed by atoms with Gasteiger partial charge in [-0.2, -0.15) is 0 Å². The number of hydrogen-bond acceptors (Lipinski definition) is 2. The molecule has 2 rings (SSSR count). The molecule has 4 heteroatoms. The Kier molecular flexibility index (Phi) is 4.13. The van der Waals surface area contributed by atoms with Crippen LogP contribution in [0.15, 0.2) is 48.6 Å². The van der Waals surface area contributed by atoms with E-state index < -0.39 is 0 Å². The first-order valence-electron chi connectivity index (χ1n) is 6.20. The number of para-hydroxylation sites is 2. The summed E-state index contributed by atoms with van der Waals surface area (Å²) in [5, 5.41) is 2.82. The summed E-state index contributed by atoms with van der Waals surface area (Å²) in [5.41, 5.74) is 2.01. The monoisotopic (exact) mass is 255 g/mol. The number of carbonyl (C=O) groups excluding carboxylic acids is 1. The van der Waals surface area contributed by atoms with Gasteiger partial charge in [0.25, 0.3) is 0 Å². The molecule has 98 valence electrons. The van der Waals surface area contributed by atoms with Gasteiger partial charge in [0.05, 0.1) is 17.6 Å². The Bertz CT molecular complexity index is 638. The molecule has 0 saturated heterocycles. The topological polar surface area (TPSA) is 46.9 Å². The Hall–Kier alpha value is -2.36. The van der Waals surface area contributed by atoms with E-state index in [-0.39, 0.29) is 5.91 Å². The van der Waals surface area contributed by atoms with Crippen molar-refractivity contribution in [1.82, 2.24) is 14.9 Å². The molecular weight excluding hydrogens is 238 g/mol. The Labute approximate surface area is 112 Å². The third kappa shape index (κ3) is 3.10. The van der Waals surface area contributed by atoms with E-state index in [0.29, 0.717) is 6.54 Å². The molecule has 2 aromatic rings. The van der Waals surface area contributed by atoms with Crippen LogP contribution < -0.4 is 5.32 Å². The number of benzene rings is 1. The fourth-order valence-electron chi connectivity index (χ4n) is 1.83. The lowest BCUT2D eigenvalue weighted by Crippen LogP contribution is -2.22. The summed E-state index contributed by atoms with van der Waals surface area (Å²) in [6, 6.07) is 7.91. The van der Waals surface area contributed by atoms with E-state index in [1.165, 1.54) is 6.08 Å². The summed E-state index contributed by atoms with van der Waals surface area (Å²) in [6.07, 6.45) is 6.90. The first-order chi connectivity index (χ1) is 9.22. The first kappa shape index (κ1) is 13.1. The lowest BCUT2D eigenvalue weighted by atomic mass is 10.3. The number of rotatable bonds is 4. The van der Waals surface area contributed by atoms with Crippen LogP contribution in [0.4, 0.5) is 0 Å². The lowest BCUT2D eigenvalue weighted by molar-refractivity contribution is -0.116. The molecule has 1 N–H and O–H groups in total. The minimum Gasteiger partial charge on any atom is -0.345 e. The molecule has 0 unspecified atom stereocenters. The zero-order valence-electron chi connectivity index (χ0n) is 11.1. The van der Waals surface area contributed by atoms with Gasteiger partial charge < -0.3 is 9.88 Å². The number of hydrogen-bond donors (Lipinski definition) is 1. The van der Waals surface area contributed by atoms with Crippen molar-refractivity contribution < 1.29 is 4.79 Å². The number of allylic oxidation sites excluding steroid dienone is 3. The molecule has 0 aliphatic rings. The minimum atomic E-state index is -0.120. The molecule has 0 aliphatic heterocycles. The largest absolute Gasteiger partial charge is 0.345 e. The first-order valence-corrected chi connectivity index (χ1v) is 6.20. The molecule has 1 aromatic heterocycles. The van der Waals surface area contributed by atoms with Crippen LogP contribution in [0.25, 0.3) is 11.0 Å². The third-order valence-electron chi connectivity index (χ3n) is 2.85. The van der Waals surface area contributed by atoms with E-state index >= 15 is 0 Å². The molecule has 0 aliphatic carbocycles. The van der Waals surface area contributed by atoms with E-state index in [1.54, 1.807) is 6.08 Å². The molecule has 1 aromatic carbocycles. The molecular formula is C15H17N3O. The molecule has 0 bridgehead atoms. The summed E-state index contributed by atoms with van der Waals surface area (Å²) >= 11 is 0. The SMILES string of the molecule is C/C=C/C=C/C(=O)NCc1nc2ccccc2n1C. The van der Waals surface area contributed by atoms with E-state index in [2.05, 4.69) is 10.3 Å². The highest BCUT2D eigenvalue weighted by Gasteiger charge is 2.07. The van der Waals surface area contributed by atoms with Crippen molar-refractivity contribution in [2.75, 3.05) is 0 Å². The average Bonchev–Trinajstić information content (AvgIpc) is 2.74. The summed E-state index contributed by atoms with van der Waals surface area (Å²) in [5.74, 6) is 0.721. The maximum atomic E-state index is 11.5. The van der Waals surface area contributed by atoms with Crippen molar-refractivity contribution in [3.05, 3.63) is 54.4 Å². The maximum Gasteiger partial charge on any atom is 0.244 e. The lowest BCUT2D eigenvalue weighted by Gasteiger charge is -2.02. The molecule has 0 spiro atoms. The second-order valence-corrected chi connectivity index (χ2v) is 4.18. The van der Waals surface area contributed by atoms with Crippen LogP contribution in [0.5, 0.6) is 0 Å². The van der Waals surface area contributed by atoms with Crippen LogP contribution >= 0.6 is 0 Å². The number of aromatic nitrogens is 2. The van der Waals surface area contributed by atoms with Crippen molar-refractivity contribution in [1.29, 1.82) is 0 Å². The van der Waals surface area contributed by atoms with E-state index in [4.69, 9.17) is 0 Å². The van der Waals surface area contributed by atoms with Crippen molar-refractivity contribution in [2.45, 2.75) is 13.5 Å². The molecule has 4 nitrogen and oxygen atoms in total. The summed E-state index contributed by atoms with van der Waals surface area (Å²) in [6.45, 7) is 2.33. The fraction of sp³-hybridized carbons (Fsp3) is 0.200. The number of nitrogens with zero attached hydrogens (tertiary/aromatic N) is 2. The second kappa shape index (κ2) is 6.00. The highest BCUT2D eigenvalue weighted by molar-refractivity contribution is 5.87. The fourth-order valence-corrected chi connectivity index (χ4v) is 1.83. The molecule has 0 fully saturated rings. The number of fused-ring (bicyclic) bond motifs is 1. The third-order valence-corrected chi connectivity index (χ3v) is 2.85. The highest BCUT2D eigenvalue weighted by Crippen LogP contribution is 2.13. The molecule has 0 radical (unpaired) electrons. The summed E-state index contributed by atoms with van der Waals surface area (Å²) in [4.78, 5) is 16.0. The van der Waals surface area contributed by atoms with Crippen molar-refractivity contribution in [3.63, 3.8) is 0 Å². The van der Waals surface area contributed by atoms with Crippen LogP contribution in [-0.4, -0.2) is 15.5 Å². The smallest absolute Gasteiger partial charge is 0.244 e. The quantitative estimate of drug-likeness (QED) is 0.673. The normalized spacial score (nSPS) is 11.7. The number of carbonyl (C=O) groups is 1. The molecule has 19 heavy (non-hydrogen) atoms. The number of nitrogens with one attached hydrogen (secondary N) is 1. The van der Waals surface area contributed by atoms with Gasteiger partial charge in [0.1, 0.15) is 5.82 Å². The maximum absolute atomic E-state index is 11.5. The van der Waals surface area contributed by atoms with Gasteiger partial charge in [-0.05, 0) is 19.1 Å². The highest BCUT2D eigenvalue weighted by atomic mass is 16.1. The Balaban J connectivity index is 2.06. The van der Waals surface area contributed by atoms with Gasteiger partial charge in [-0.25, -0.2) is 4.98 Å².